The molecule has 2 fully saturated rings. The maximum Gasteiger partial charge on any atom is 0.255 e. The Hall–Kier alpha value is -1.47. The number of hydrogen-bond acceptors (Lipinski definition) is 3. The number of ether oxygens (including phenoxy) is 1. The van der Waals surface area contributed by atoms with E-state index < -0.39 is 5.82 Å². The number of benzene rings is 1. The van der Waals surface area contributed by atoms with Gasteiger partial charge in [0.1, 0.15) is 5.82 Å². The Morgan fingerprint density at radius 1 is 1.17 bits per heavy atom. The Balaban J connectivity index is 1.69. The van der Waals surface area contributed by atoms with E-state index in [1.165, 1.54) is 18.2 Å². The van der Waals surface area contributed by atoms with Crippen molar-refractivity contribution in [3.63, 3.8) is 0 Å². The van der Waals surface area contributed by atoms with Crippen LogP contribution in [0.25, 0.3) is 0 Å². The van der Waals surface area contributed by atoms with Crippen LogP contribution in [-0.4, -0.2) is 61.0 Å². The van der Waals surface area contributed by atoms with Crippen molar-refractivity contribution in [1.82, 2.24) is 9.80 Å². The number of rotatable bonds is 2. The molecule has 24 heavy (non-hydrogen) atoms. The largest absolute Gasteiger partial charge is 0.378 e. The average molecular weight is 399 g/mol. The molecule has 1 aromatic carbocycles. The molecule has 0 aliphatic carbocycles. The molecule has 3 rings (SSSR count). The summed E-state index contributed by atoms with van der Waals surface area (Å²) in [4.78, 5) is 28.8. The second kappa shape index (κ2) is 7.61. The zero-order valence-electron chi connectivity index (χ0n) is 13.3. The fraction of sp³-hybridized carbons (Fsp3) is 0.529. The van der Waals surface area contributed by atoms with Gasteiger partial charge in [0.05, 0.1) is 24.7 Å². The predicted octanol–water partition coefficient (Wildman–Crippen LogP) is 2.30. The fourth-order valence-electron chi connectivity index (χ4n) is 3.24. The SMILES string of the molecule is O=C(c1cc(F)ccc1Br)N1CCCC(C(=O)N2CCOCC2)C1. The van der Waals surface area contributed by atoms with Gasteiger partial charge in [0.25, 0.3) is 5.91 Å². The highest BCUT2D eigenvalue weighted by atomic mass is 79.9. The summed E-state index contributed by atoms with van der Waals surface area (Å²) in [6.07, 6.45) is 1.56. The number of hydrogen-bond donors (Lipinski definition) is 0. The van der Waals surface area contributed by atoms with Gasteiger partial charge in [-0.05, 0) is 47.0 Å². The monoisotopic (exact) mass is 398 g/mol. The van der Waals surface area contributed by atoms with Crippen molar-refractivity contribution in [3.05, 3.63) is 34.1 Å². The van der Waals surface area contributed by atoms with E-state index in [4.69, 9.17) is 4.74 Å². The second-order valence-corrected chi connectivity index (χ2v) is 7.01. The zero-order valence-corrected chi connectivity index (χ0v) is 14.9. The molecular weight excluding hydrogens is 379 g/mol. The van der Waals surface area contributed by atoms with Crippen LogP contribution in [0.3, 0.4) is 0 Å². The van der Waals surface area contributed by atoms with Gasteiger partial charge in [-0.1, -0.05) is 0 Å². The van der Waals surface area contributed by atoms with E-state index in [-0.39, 0.29) is 17.7 Å². The first-order valence-electron chi connectivity index (χ1n) is 8.17. The molecule has 1 unspecified atom stereocenters. The van der Waals surface area contributed by atoms with E-state index in [2.05, 4.69) is 15.9 Å². The maximum atomic E-state index is 13.5. The summed E-state index contributed by atoms with van der Waals surface area (Å²) in [5.74, 6) is -0.775. The summed E-state index contributed by atoms with van der Waals surface area (Å²) >= 11 is 3.30. The molecule has 130 valence electrons. The molecule has 0 aromatic heterocycles. The normalized spacial score (nSPS) is 21.7. The molecule has 0 spiro atoms. The van der Waals surface area contributed by atoms with Crippen molar-refractivity contribution in [2.24, 2.45) is 5.92 Å². The van der Waals surface area contributed by atoms with E-state index >= 15 is 0 Å². The lowest BCUT2D eigenvalue weighted by molar-refractivity contribution is -0.141. The zero-order chi connectivity index (χ0) is 17.1. The smallest absolute Gasteiger partial charge is 0.255 e. The lowest BCUT2D eigenvalue weighted by Gasteiger charge is -2.36. The maximum absolute atomic E-state index is 13.5. The predicted molar refractivity (Wildman–Crippen MR) is 90.1 cm³/mol. The van der Waals surface area contributed by atoms with Crippen LogP contribution in [0, 0.1) is 11.7 Å². The molecule has 1 atom stereocenters. The molecule has 2 saturated heterocycles. The van der Waals surface area contributed by atoms with Crippen molar-refractivity contribution in [3.8, 4) is 0 Å². The van der Waals surface area contributed by atoms with Gasteiger partial charge in [-0.25, -0.2) is 4.39 Å². The highest BCUT2D eigenvalue weighted by Gasteiger charge is 2.32. The van der Waals surface area contributed by atoms with Crippen molar-refractivity contribution in [2.45, 2.75) is 12.8 Å². The minimum atomic E-state index is -0.445. The van der Waals surface area contributed by atoms with Gasteiger partial charge in [-0.3, -0.25) is 9.59 Å². The minimum absolute atomic E-state index is 0.0918. The van der Waals surface area contributed by atoms with Crippen LogP contribution in [0.4, 0.5) is 4.39 Å². The second-order valence-electron chi connectivity index (χ2n) is 6.15. The molecule has 2 aliphatic heterocycles. The molecule has 5 nitrogen and oxygen atoms in total. The summed E-state index contributed by atoms with van der Waals surface area (Å²) in [5.41, 5.74) is 0.300. The third-order valence-corrected chi connectivity index (χ3v) is 5.23. The molecule has 0 radical (unpaired) electrons. The topological polar surface area (TPSA) is 49.9 Å². The molecular formula is C17H20BrFN2O3. The Labute approximate surface area is 148 Å². The highest BCUT2D eigenvalue weighted by Crippen LogP contribution is 2.24. The Bertz CT molecular complexity index is 634. The lowest BCUT2D eigenvalue weighted by Crippen LogP contribution is -2.49. The number of morpholine rings is 1. The van der Waals surface area contributed by atoms with Gasteiger partial charge in [0, 0.05) is 30.7 Å². The van der Waals surface area contributed by atoms with Gasteiger partial charge in [-0.2, -0.15) is 0 Å². The van der Waals surface area contributed by atoms with E-state index in [1.807, 2.05) is 4.90 Å². The molecule has 2 amide bonds. The number of nitrogens with zero attached hydrogens (tertiary/aromatic N) is 2. The summed E-state index contributed by atoms with van der Waals surface area (Å²) in [6.45, 7) is 3.33. The minimum Gasteiger partial charge on any atom is -0.378 e. The molecule has 0 bridgehead atoms. The fourth-order valence-corrected chi connectivity index (χ4v) is 3.65. The first-order valence-corrected chi connectivity index (χ1v) is 8.96. The Morgan fingerprint density at radius 2 is 1.92 bits per heavy atom. The summed E-state index contributed by atoms with van der Waals surface area (Å²) in [6, 6.07) is 4.07. The Kier molecular flexibility index (Phi) is 5.50. The first-order chi connectivity index (χ1) is 11.6. The van der Waals surface area contributed by atoms with Crippen molar-refractivity contribution in [2.75, 3.05) is 39.4 Å². The summed E-state index contributed by atoms with van der Waals surface area (Å²) in [5, 5.41) is 0. The van der Waals surface area contributed by atoms with Crippen molar-refractivity contribution in [1.29, 1.82) is 0 Å². The number of likely N-dealkylation sites (tertiary alicyclic amines) is 1. The van der Waals surface area contributed by atoms with Gasteiger partial charge in [-0.15, -0.1) is 0 Å². The van der Waals surface area contributed by atoms with Crippen LogP contribution in [0.5, 0.6) is 0 Å². The quantitative estimate of drug-likeness (QED) is 0.767. The van der Waals surface area contributed by atoms with Gasteiger partial charge in [0.2, 0.25) is 5.91 Å². The highest BCUT2D eigenvalue weighted by molar-refractivity contribution is 9.10. The van der Waals surface area contributed by atoms with E-state index in [0.717, 1.165) is 12.8 Å². The lowest BCUT2D eigenvalue weighted by atomic mass is 9.95. The third kappa shape index (κ3) is 3.78. The van der Waals surface area contributed by atoms with Crippen LogP contribution in [0.15, 0.2) is 22.7 Å². The van der Waals surface area contributed by atoms with Gasteiger partial charge >= 0.3 is 0 Å². The van der Waals surface area contributed by atoms with Crippen molar-refractivity contribution >= 4 is 27.7 Å². The van der Waals surface area contributed by atoms with E-state index in [9.17, 15) is 14.0 Å². The molecule has 1 aromatic rings. The number of carbonyl (C=O) groups excluding carboxylic acids is 2. The number of carbonyl (C=O) groups is 2. The number of halogens is 2. The van der Waals surface area contributed by atoms with Crippen LogP contribution >= 0.6 is 15.9 Å². The van der Waals surface area contributed by atoms with Gasteiger partial charge < -0.3 is 14.5 Å². The van der Waals surface area contributed by atoms with E-state index in [0.29, 0.717) is 49.4 Å². The van der Waals surface area contributed by atoms with Crippen LogP contribution in [0.1, 0.15) is 23.2 Å². The first kappa shape index (κ1) is 17.4. The molecule has 2 aliphatic rings. The van der Waals surface area contributed by atoms with Gasteiger partial charge in [0.15, 0.2) is 0 Å². The van der Waals surface area contributed by atoms with Crippen molar-refractivity contribution < 1.29 is 18.7 Å². The summed E-state index contributed by atoms with van der Waals surface area (Å²) < 4.78 is 19.3. The Morgan fingerprint density at radius 3 is 2.67 bits per heavy atom. The van der Waals surface area contributed by atoms with Crippen LogP contribution < -0.4 is 0 Å². The van der Waals surface area contributed by atoms with Crippen LogP contribution in [-0.2, 0) is 9.53 Å². The number of amides is 2. The standard InChI is InChI=1S/C17H20BrFN2O3/c18-15-4-3-13(19)10-14(15)17(23)21-5-1-2-12(11-21)16(22)20-6-8-24-9-7-20/h3-4,10,12H,1-2,5-9,11H2. The van der Waals surface area contributed by atoms with Crippen LogP contribution in [0.2, 0.25) is 0 Å². The third-order valence-electron chi connectivity index (χ3n) is 4.54. The molecule has 2 heterocycles. The molecule has 7 heteroatoms. The number of piperidine rings is 1. The molecule has 0 saturated carbocycles. The average Bonchev–Trinajstić information content (AvgIpc) is 2.63. The summed E-state index contributed by atoms with van der Waals surface area (Å²) in [7, 11) is 0. The van der Waals surface area contributed by atoms with E-state index in [1.54, 1.807) is 4.90 Å². The molecule has 0 N–H and O–H groups in total.